The summed E-state index contributed by atoms with van der Waals surface area (Å²) < 4.78 is 77.3. The van der Waals surface area contributed by atoms with Gasteiger partial charge in [0.25, 0.3) is 0 Å². The zero-order chi connectivity index (χ0) is 19.6. The summed E-state index contributed by atoms with van der Waals surface area (Å²) in [5.41, 5.74) is -1.53. The topological polar surface area (TPSA) is 56.5 Å². The lowest BCUT2D eigenvalue weighted by Gasteiger charge is -2.07. The van der Waals surface area contributed by atoms with E-state index in [0.29, 0.717) is 0 Å². The third-order valence-electron chi connectivity index (χ3n) is 3.40. The van der Waals surface area contributed by atoms with Crippen LogP contribution in [0.15, 0.2) is 18.5 Å². The molecular formula is C16H11F5NO4+. The lowest BCUT2D eigenvalue weighted by molar-refractivity contribution is -0.689. The van der Waals surface area contributed by atoms with E-state index < -0.39 is 53.1 Å². The summed E-state index contributed by atoms with van der Waals surface area (Å²) in [4.78, 5) is 23.3. The third-order valence-corrected chi connectivity index (χ3v) is 3.40. The molecular weight excluding hydrogens is 365 g/mol. The molecule has 0 aliphatic heterocycles. The van der Waals surface area contributed by atoms with Crippen molar-refractivity contribution in [2.75, 3.05) is 14.2 Å². The number of esters is 2. The molecule has 0 aliphatic carbocycles. The fraction of sp³-hybridized carbons (Fsp3) is 0.188. The lowest BCUT2D eigenvalue weighted by Crippen LogP contribution is -2.37. The quantitative estimate of drug-likeness (QED) is 0.270. The largest absolute Gasteiger partial charge is 0.465 e. The van der Waals surface area contributed by atoms with Crippen molar-refractivity contribution in [1.82, 2.24) is 0 Å². The van der Waals surface area contributed by atoms with Crippen LogP contribution >= 0.6 is 0 Å². The number of halogens is 5. The molecule has 0 saturated heterocycles. The van der Waals surface area contributed by atoms with Crippen molar-refractivity contribution >= 4 is 11.9 Å². The molecule has 1 aromatic carbocycles. The van der Waals surface area contributed by atoms with Crippen LogP contribution in [0.3, 0.4) is 0 Å². The summed E-state index contributed by atoms with van der Waals surface area (Å²) in [5, 5.41) is 0. The maximum Gasteiger partial charge on any atom is 0.343 e. The minimum absolute atomic E-state index is 0.195. The molecule has 0 unspecified atom stereocenters. The van der Waals surface area contributed by atoms with Gasteiger partial charge in [-0.15, -0.1) is 0 Å². The molecule has 1 heterocycles. The Balaban J connectivity index is 2.60. The number of hydrogen-bond donors (Lipinski definition) is 0. The van der Waals surface area contributed by atoms with E-state index in [-0.39, 0.29) is 11.1 Å². The Morgan fingerprint density at radius 2 is 1.19 bits per heavy atom. The van der Waals surface area contributed by atoms with Gasteiger partial charge in [-0.05, 0) is 6.07 Å². The summed E-state index contributed by atoms with van der Waals surface area (Å²) in [7, 11) is 2.11. The second-order valence-electron chi connectivity index (χ2n) is 5.02. The Bertz CT molecular complexity index is 837. The second-order valence-corrected chi connectivity index (χ2v) is 5.02. The van der Waals surface area contributed by atoms with Gasteiger partial charge in [0.1, 0.15) is 11.1 Å². The summed E-state index contributed by atoms with van der Waals surface area (Å²) in [6.07, 6.45) is 2.05. The van der Waals surface area contributed by atoms with E-state index in [1.807, 2.05) is 0 Å². The molecule has 2 aromatic rings. The second kappa shape index (κ2) is 7.46. The highest BCUT2D eigenvalue weighted by molar-refractivity contribution is 5.94. The van der Waals surface area contributed by atoms with Crippen molar-refractivity contribution in [2.24, 2.45) is 0 Å². The molecule has 0 atom stereocenters. The number of carbonyl (C=O) groups is 2. The van der Waals surface area contributed by atoms with Crippen LogP contribution in [0, 0.1) is 29.1 Å². The van der Waals surface area contributed by atoms with E-state index in [1.54, 1.807) is 0 Å². The minimum Gasteiger partial charge on any atom is -0.465 e. The molecule has 138 valence electrons. The van der Waals surface area contributed by atoms with Crippen LogP contribution in [0.2, 0.25) is 0 Å². The fourth-order valence-corrected chi connectivity index (χ4v) is 2.16. The molecule has 26 heavy (non-hydrogen) atoms. The molecule has 0 spiro atoms. The monoisotopic (exact) mass is 376 g/mol. The number of nitrogens with zero attached hydrogens (tertiary/aromatic N) is 1. The Hall–Kier alpha value is -3.04. The van der Waals surface area contributed by atoms with Crippen LogP contribution in [0.5, 0.6) is 0 Å². The first-order valence-electron chi connectivity index (χ1n) is 6.92. The highest BCUT2D eigenvalue weighted by atomic mass is 19.2. The third kappa shape index (κ3) is 3.48. The molecule has 5 nitrogen and oxygen atoms in total. The predicted octanol–water partition coefficient (Wildman–Crippen LogP) is 2.29. The molecule has 10 heteroatoms. The van der Waals surface area contributed by atoms with Crippen molar-refractivity contribution in [2.45, 2.75) is 6.54 Å². The van der Waals surface area contributed by atoms with Gasteiger partial charge in [-0.25, -0.2) is 31.5 Å². The first-order chi connectivity index (χ1) is 12.2. The smallest absolute Gasteiger partial charge is 0.343 e. The Morgan fingerprint density at radius 1 is 0.808 bits per heavy atom. The summed E-state index contributed by atoms with van der Waals surface area (Å²) in [5.74, 6) is -12.3. The minimum atomic E-state index is -2.28. The van der Waals surface area contributed by atoms with Gasteiger partial charge >= 0.3 is 11.9 Å². The zero-order valence-corrected chi connectivity index (χ0v) is 13.4. The number of benzene rings is 1. The van der Waals surface area contributed by atoms with Gasteiger partial charge in [0, 0.05) is 0 Å². The van der Waals surface area contributed by atoms with Crippen molar-refractivity contribution < 1.29 is 45.6 Å². The van der Waals surface area contributed by atoms with Gasteiger partial charge in [0.05, 0.1) is 19.8 Å². The van der Waals surface area contributed by atoms with Gasteiger partial charge in [-0.3, -0.25) is 0 Å². The average molecular weight is 376 g/mol. The zero-order valence-electron chi connectivity index (χ0n) is 13.4. The molecule has 0 radical (unpaired) electrons. The van der Waals surface area contributed by atoms with Crippen LogP contribution in [0.4, 0.5) is 22.0 Å². The fourth-order valence-electron chi connectivity index (χ4n) is 2.16. The van der Waals surface area contributed by atoms with Gasteiger partial charge in [-0.2, -0.15) is 4.57 Å². The number of carbonyl (C=O) groups excluding carboxylic acids is 2. The summed E-state index contributed by atoms with van der Waals surface area (Å²) in [6, 6.07) is 1.09. The standard InChI is InChI=1S/C16H11F5NO4/c1-25-15(23)7-3-8(16(24)26-2)5-22(4-7)6-9-10(17)12(19)14(21)13(20)11(9)18/h3-5H,6H2,1-2H3/q+1. The summed E-state index contributed by atoms with van der Waals surface area (Å²) >= 11 is 0. The molecule has 0 bridgehead atoms. The van der Waals surface area contributed by atoms with E-state index in [1.165, 1.54) is 0 Å². The summed E-state index contributed by atoms with van der Waals surface area (Å²) in [6.45, 7) is -0.847. The average Bonchev–Trinajstić information content (AvgIpc) is 2.66. The van der Waals surface area contributed by atoms with E-state index in [0.717, 1.165) is 37.2 Å². The number of hydrogen-bond acceptors (Lipinski definition) is 4. The Labute approximate surface area is 143 Å². The first-order valence-corrected chi connectivity index (χ1v) is 6.92. The predicted molar refractivity (Wildman–Crippen MR) is 74.6 cm³/mol. The molecule has 0 N–H and O–H groups in total. The Kier molecular flexibility index (Phi) is 5.53. The number of aromatic nitrogens is 1. The lowest BCUT2D eigenvalue weighted by atomic mass is 10.1. The van der Waals surface area contributed by atoms with Gasteiger partial charge in [0.15, 0.2) is 42.2 Å². The van der Waals surface area contributed by atoms with Crippen molar-refractivity contribution in [3.63, 3.8) is 0 Å². The molecule has 1 aromatic heterocycles. The molecule has 0 saturated carbocycles. The number of pyridine rings is 1. The van der Waals surface area contributed by atoms with Gasteiger partial charge < -0.3 is 9.47 Å². The van der Waals surface area contributed by atoms with Crippen LogP contribution in [0.25, 0.3) is 0 Å². The highest BCUT2D eigenvalue weighted by Crippen LogP contribution is 2.22. The first kappa shape index (κ1) is 19.3. The molecule has 0 amide bonds. The molecule has 2 rings (SSSR count). The van der Waals surface area contributed by atoms with E-state index >= 15 is 0 Å². The van der Waals surface area contributed by atoms with Crippen molar-refractivity contribution in [3.8, 4) is 0 Å². The number of methoxy groups -OCH3 is 2. The van der Waals surface area contributed by atoms with E-state index in [9.17, 15) is 31.5 Å². The highest BCUT2D eigenvalue weighted by Gasteiger charge is 2.28. The maximum absolute atomic E-state index is 13.8. The van der Waals surface area contributed by atoms with Crippen molar-refractivity contribution in [1.29, 1.82) is 0 Å². The van der Waals surface area contributed by atoms with Crippen LogP contribution in [-0.4, -0.2) is 26.2 Å². The van der Waals surface area contributed by atoms with Crippen LogP contribution in [-0.2, 0) is 16.0 Å². The van der Waals surface area contributed by atoms with E-state index in [2.05, 4.69) is 9.47 Å². The molecule has 0 aliphatic rings. The van der Waals surface area contributed by atoms with Gasteiger partial charge in [-0.1, -0.05) is 0 Å². The van der Waals surface area contributed by atoms with Gasteiger partial charge in [0.2, 0.25) is 5.82 Å². The van der Waals surface area contributed by atoms with Crippen molar-refractivity contribution in [3.05, 3.63) is 64.2 Å². The van der Waals surface area contributed by atoms with Crippen LogP contribution in [0.1, 0.15) is 26.3 Å². The van der Waals surface area contributed by atoms with Crippen LogP contribution < -0.4 is 4.57 Å². The number of ether oxygens (including phenoxy) is 2. The SMILES string of the molecule is COC(=O)c1cc(C(=O)OC)c[n+](Cc2c(F)c(F)c(F)c(F)c2F)c1. The maximum atomic E-state index is 13.8. The van der Waals surface area contributed by atoms with E-state index in [4.69, 9.17) is 0 Å². The molecule has 0 fully saturated rings. The Morgan fingerprint density at radius 3 is 1.58 bits per heavy atom. The normalized spacial score (nSPS) is 10.6. The number of rotatable bonds is 4.